The molecule has 148 valence electrons. The highest BCUT2D eigenvalue weighted by Crippen LogP contribution is 2.26. The summed E-state index contributed by atoms with van der Waals surface area (Å²) in [6, 6.07) is 9.48. The maximum absolute atomic E-state index is 12.7. The van der Waals surface area contributed by atoms with Gasteiger partial charge in [-0.05, 0) is 59.2 Å². The van der Waals surface area contributed by atoms with Crippen LogP contribution < -0.4 is 10.2 Å². The molecule has 27 heavy (non-hydrogen) atoms. The van der Waals surface area contributed by atoms with Crippen LogP contribution in [0.2, 0.25) is 0 Å². The molecule has 0 aliphatic carbocycles. The summed E-state index contributed by atoms with van der Waals surface area (Å²) in [5, 5.41) is 3.09. The molecule has 2 fully saturated rings. The molecule has 7 heteroatoms. The van der Waals surface area contributed by atoms with Gasteiger partial charge in [0.1, 0.15) is 6.54 Å². The lowest BCUT2D eigenvalue weighted by atomic mass is 9.86. The van der Waals surface area contributed by atoms with Gasteiger partial charge in [0.2, 0.25) is 5.91 Å². The van der Waals surface area contributed by atoms with E-state index in [9.17, 15) is 9.59 Å². The molecule has 3 amide bonds. The van der Waals surface area contributed by atoms with Gasteiger partial charge in [0.05, 0.1) is 0 Å². The van der Waals surface area contributed by atoms with Gasteiger partial charge in [-0.15, -0.1) is 0 Å². The molecular weight excluding hydrogens is 342 g/mol. The van der Waals surface area contributed by atoms with Gasteiger partial charge in [-0.3, -0.25) is 4.79 Å². The number of para-hydroxylation sites is 1. The standard InChI is InChI=1S/C20H31N5O2/c1-22(2)20(9-11-23(3)12-10-20)16-21-19(27)24-13-14-25(18(26)15-24)17-7-5-4-6-8-17/h4-8H,9-16H2,1-3H3,(H,21,27). The Morgan fingerprint density at radius 3 is 2.37 bits per heavy atom. The smallest absolute Gasteiger partial charge is 0.317 e. The van der Waals surface area contributed by atoms with Gasteiger partial charge in [-0.25, -0.2) is 4.79 Å². The number of urea groups is 1. The zero-order valence-corrected chi connectivity index (χ0v) is 16.6. The second-order valence-electron chi connectivity index (χ2n) is 7.88. The summed E-state index contributed by atoms with van der Waals surface area (Å²) in [4.78, 5) is 33.1. The molecule has 2 aliphatic rings. The van der Waals surface area contributed by atoms with Crippen molar-refractivity contribution in [3.63, 3.8) is 0 Å². The second kappa shape index (κ2) is 8.27. The van der Waals surface area contributed by atoms with Gasteiger partial charge in [0, 0.05) is 30.9 Å². The first kappa shape index (κ1) is 19.6. The van der Waals surface area contributed by atoms with Gasteiger partial charge in [0.15, 0.2) is 0 Å². The van der Waals surface area contributed by atoms with E-state index in [0.29, 0.717) is 19.6 Å². The van der Waals surface area contributed by atoms with Crippen LogP contribution >= 0.6 is 0 Å². The Bertz CT molecular complexity index is 656. The van der Waals surface area contributed by atoms with Crippen LogP contribution in [-0.2, 0) is 4.79 Å². The van der Waals surface area contributed by atoms with Gasteiger partial charge in [-0.1, -0.05) is 18.2 Å². The van der Waals surface area contributed by atoms with Crippen molar-refractivity contribution in [2.75, 3.05) is 65.3 Å². The molecule has 0 aromatic heterocycles. The fraction of sp³-hybridized carbons (Fsp3) is 0.600. The van der Waals surface area contributed by atoms with E-state index in [2.05, 4.69) is 36.3 Å². The van der Waals surface area contributed by atoms with Crippen molar-refractivity contribution in [3.8, 4) is 0 Å². The van der Waals surface area contributed by atoms with E-state index >= 15 is 0 Å². The van der Waals surface area contributed by atoms with Gasteiger partial charge in [0.25, 0.3) is 0 Å². The lowest BCUT2D eigenvalue weighted by molar-refractivity contribution is -0.120. The molecule has 1 aromatic rings. The lowest BCUT2D eigenvalue weighted by Crippen LogP contribution is -2.60. The van der Waals surface area contributed by atoms with E-state index in [1.165, 1.54) is 0 Å². The highest BCUT2D eigenvalue weighted by atomic mass is 16.2. The third-order valence-electron chi connectivity index (χ3n) is 6.01. The first-order chi connectivity index (χ1) is 12.9. The zero-order chi connectivity index (χ0) is 19.4. The van der Waals surface area contributed by atoms with E-state index in [1.807, 2.05) is 30.3 Å². The highest BCUT2D eigenvalue weighted by molar-refractivity contribution is 5.97. The van der Waals surface area contributed by atoms with Gasteiger partial charge < -0.3 is 24.9 Å². The van der Waals surface area contributed by atoms with Crippen molar-refractivity contribution < 1.29 is 9.59 Å². The van der Waals surface area contributed by atoms with Gasteiger partial charge in [-0.2, -0.15) is 0 Å². The van der Waals surface area contributed by atoms with Crippen molar-refractivity contribution >= 4 is 17.6 Å². The number of benzene rings is 1. The molecule has 2 aliphatic heterocycles. The third kappa shape index (κ3) is 4.42. The third-order valence-corrected chi connectivity index (χ3v) is 6.01. The largest absolute Gasteiger partial charge is 0.336 e. The zero-order valence-electron chi connectivity index (χ0n) is 16.6. The number of likely N-dealkylation sites (tertiary alicyclic amines) is 1. The Labute approximate surface area is 161 Å². The molecule has 0 atom stereocenters. The molecule has 0 radical (unpaired) electrons. The topological polar surface area (TPSA) is 59.1 Å². The van der Waals surface area contributed by atoms with Crippen molar-refractivity contribution in [2.24, 2.45) is 0 Å². The predicted molar refractivity (Wildman–Crippen MR) is 107 cm³/mol. The Balaban J connectivity index is 1.55. The Morgan fingerprint density at radius 2 is 1.78 bits per heavy atom. The SMILES string of the molecule is CN1CCC(CNC(=O)N2CCN(c3ccccc3)C(=O)C2)(N(C)C)CC1. The van der Waals surface area contributed by atoms with E-state index in [0.717, 1.165) is 31.6 Å². The van der Waals surface area contributed by atoms with Crippen LogP contribution in [0.3, 0.4) is 0 Å². The van der Waals surface area contributed by atoms with Crippen LogP contribution in [-0.4, -0.2) is 92.6 Å². The van der Waals surface area contributed by atoms with Crippen molar-refractivity contribution in [2.45, 2.75) is 18.4 Å². The number of piperidine rings is 1. The molecule has 2 heterocycles. The number of rotatable bonds is 4. The number of hydrogen-bond donors (Lipinski definition) is 1. The van der Waals surface area contributed by atoms with Crippen LogP contribution in [0.25, 0.3) is 0 Å². The summed E-state index contributed by atoms with van der Waals surface area (Å²) >= 11 is 0. The first-order valence-electron chi connectivity index (χ1n) is 9.65. The molecule has 0 spiro atoms. The summed E-state index contributed by atoms with van der Waals surface area (Å²) < 4.78 is 0. The number of piperazine rings is 1. The molecule has 0 bridgehead atoms. The van der Waals surface area contributed by atoms with Crippen molar-refractivity contribution in [1.29, 1.82) is 0 Å². The predicted octanol–water partition coefficient (Wildman–Crippen LogP) is 1.07. The average Bonchev–Trinajstić information content (AvgIpc) is 2.68. The minimum absolute atomic E-state index is 0.0158. The molecule has 3 rings (SSSR count). The normalized spacial score (nSPS) is 20.8. The summed E-state index contributed by atoms with van der Waals surface area (Å²) in [6.07, 6.45) is 2.05. The molecule has 7 nitrogen and oxygen atoms in total. The molecule has 0 unspecified atom stereocenters. The lowest BCUT2D eigenvalue weighted by Gasteiger charge is -2.46. The fourth-order valence-corrected chi connectivity index (χ4v) is 3.90. The van der Waals surface area contributed by atoms with Crippen molar-refractivity contribution in [1.82, 2.24) is 20.0 Å². The summed E-state index contributed by atoms with van der Waals surface area (Å²) in [7, 11) is 6.30. The number of nitrogens with one attached hydrogen (secondary N) is 1. The number of nitrogens with zero attached hydrogens (tertiary/aromatic N) is 4. The fourth-order valence-electron chi connectivity index (χ4n) is 3.90. The number of carbonyl (C=O) groups excluding carboxylic acids is 2. The van der Waals surface area contributed by atoms with Crippen LogP contribution in [0.5, 0.6) is 0 Å². The quantitative estimate of drug-likeness (QED) is 0.858. The number of hydrogen-bond acceptors (Lipinski definition) is 4. The molecule has 2 saturated heterocycles. The van der Waals surface area contributed by atoms with Gasteiger partial charge >= 0.3 is 6.03 Å². The summed E-state index contributed by atoms with van der Waals surface area (Å²) in [5.74, 6) is -0.0378. The van der Waals surface area contributed by atoms with Crippen LogP contribution in [0.15, 0.2) is 30.3 Å². The highest BCUT2D eigenvalue weighted by Gasteiger charge is 2.37. The second-order valence-corrected chi connectivity index (χ2v) is 7.88. The average molecular weight is 374 g/mol. The number of amides is 3. The minimum atomic E-state index is -0.142. The maximum Gasteiger partial charge on any atom is 0.317 e. The van der Waals surface area contributed by atoms with Crippen LogP contribution in [0, 0.1) is 0 Å². The van der Waals surface area contributed by atoms with Crippen molar-refractivity contribution in [3.05, 3.63) is 30.3 Å². The van der Waals surface area contributed by atoms with E-state index in [-0.39, 0.29) is 24.0 Å². The Kier molecular flexibility index (Phi) is 6.01. The van der Waals surface area contributed by atoms with E-state index in [4.69, 9.17) is 0 Å². The maximum atomic E-state index is 12.7. The summed E-state index contributed by atoms with van der Waals surface area (Å²) in [5.41, 5.74) is 0.873. The molecule has 0 saturated carbocycles. The molecule has 1 aromatic carbocycles. The monoisotopic (exact) mass is 373 g/mol. The van der Waals surface area contributed by atoms with E-state index in [1.54, 1.807) is 9.80 Å². The molecule has 1 N–H and O–H groups in total. The number of anilines is 1. The summed E-state index contributed by atoms with van der Waals surface area (Å²) in [6.45, 7) is 3.87. The van der Waals surface area contributed by atoms with Crippen LogP contribution in [0.4, 0.5) is 10.5 Å². The van der Waals surface area contributed by atoms with E-state index < -0.39 is 0 Å². The Hall–Kier alpha value is -2.12. The number of likely N-dealkylation sites (N-methyl/N-ethyl adjacent to an activating group) is 1. The molecular formula is C20H31N5O2. The minimum Gasteiger partial charge on any atom is -0.336 e. The van der Waals surface area contributed by atoms with Crippen LogP contribution in [0.1, 0.15) is 12.8 Å². The first-order valence-corrected chi connectivity index (χ1v) is 9.65. The Morgan fingerprint density at radius 1 is 1.11 bits per heavy atom. The number of carbonyl (C=O) groups is 2.